The van der Waals surface area contributed by atoms with Crippen molar-refractivity contribution in [3.05, 3.63) is 0 Å². The third-order valence-corrected chi connectivity index (χ3v) is 2.31. The molecule has 0 bridgehead atoms. The maximum Gasteiger partial charge on any atom is 0.0610 e. The zero-order chi connectivity index (χ0) is 7.45. The molecule has 1 aliphatic rings. The van der Waals surface area contributed by atoms with Gasteiger partial charge in [0.15, 0.2) is 0 Å². The highest BCUT2D eigenvalue weighted by Crippen LogP contribution is 2.17. The maximum absolute atomic E-state index is 9.01. The van der Waals surface area contributed by atoms with Gasteiger partial charge < -0.3 is 10.4 Å². The predicted molar refractivity (Wildman–Crippen MR) is 42.0 cm³/mol. The molecule has 0 aliphatic carbocycles. The average molecular weight is 143 g/mol. The molecule has 0 aromatic carbocycles. The zero-order valence-corrected chi connectivity index (χ0v) is 6.69. The summed E-state index contributed by atoms with van der Waals surface area (Å²) in [5.74, 6) is 0. The quantitative estimate of drug-likeness (QED) is 0.571. The van der Waals surface area contributed by atoms with E-state index in [1.54, 1.807) is 0 Å². The van der Waals surface area contributed by atoms with Crippen molar-refractivity contribution in [1.29, 1.82) is 0 Å². The summed E-state index contributed by atoms with van der Waals surface area (Å²) in [6.45, 7) is 3.43. The Morgan fingerprint density at radius 1 is 1.40 bits per heavy atom. The fourth-order valence-corrected chi connectivity index (χ4v) is 1.43. The van der Waals surface area contributed by atoms with Crippen LogP contribution < -0.4 is 5.32 Å². The number of rotatable bonds is 1. The van der Waals surface area contributed by atoms with Crippen LogP contribution in [0.2, 0.25) is 0 Å². The van der Waals surface area contributed by atoms with Crippen molar-refractivity contribution in [3.63, 3.8) is 0 Å². The molecule has 0 radical (unpaired) electrons. The van der Waals surface area contributed by atoms with Gasteiger partial charge in [0.2, 0.25) is 0 Å². The lowest BCUT2D eigenvalue weighted by atomic mass is 9.97. The summed E-state index contributed by atoms with van der Waals surface area (Å²) in [4.78, 5) is 0. The molecule has 1 rings (SSSR count). The second kappa shape index (κ2) is 3.35. The first-order valence-electron chi connectivity index (χ1n) is 4.13. The predicted octanol–water partition coefficient (Wildman–Crippen LogP) is 0.901. The smallest absolute Gasteiger partial charge is 0.0610 e. The SMILES string of the molecule is CC1(CO)CCCCCN1. The number of aliphatic hydroxyl groups is 1. The lowest BCUT2D eigenvalue weighted by Crippen LogP contribution is -2.44. The number of hydrogen-bond donors (Lipinski definition) is 2. The molecule has 0 saturated carbocycles. The molecule has 10 heavy (non-hydrogen) atoms. The van der Waals surface area contributed by atoms with Crippen LogP contribution in [0.25, 0.3) is 0 Å². The molecule has 0 amide bonds. The fourth-order valence-electron chi connectivity index (χ4n) is 1.43. The van der Waals surface area contributed by atoms with Crippen LogP contribution in [0, 0.1) is 0 Å². The van der Waals surface area contributed by atoms with Crippen molar-refractivity contribution in [3.8, 4) is 0 Å². The van der Waals surface area contributed by atoms with Gasteiger partial charge in [-0.05, 0) is 26.3 Å². The Morgan fingerprint density at radius 2 is 2.20 bits per heavy atom. The standard InChI is InChI=1S/C8H17NO/c1-8(7-10)5-3-2-4-6-9-8/h9-10H,2-7H2,1H3. The van der Waals surface area contributed by atoms with E-state index in [9.17, 15) is 0 Å². The average Bonchev–Trinajstić information content (AvgIpc) is 2.15. The Kier molecular flexibility index (Phi) is 2.69. The minimum atomic E-state index is 0.0104. The van der Waals surface area contributed by atoms with Crippen LogP contribution in [0.5, 0.6) is 0 Å². The molecule has 0 spiro atoms. The summed E-state index contributed by atoms with van der Waals surface area (Å²) >= 11 is 0. The molecule has 60 valence electrons. The number of nitrogens with one attached hydrogen (secondary N) is 1. The summed E-state index contributed by atoms with van der Waals surface area (Å²) in [6, 6.07) is 0. The van der Waals surface area contributed by atoms with Gasteiger partial charge >= 0.3 is 0 Å². The summed E-state index contributed by atoms with van der Waals surface area (Å²) in [7, 11) is 0. The molecular weight excluding hydrogens is 126 g/mol. The van der Waals surface area contributed by atoms with Crippen molar-refractivity contribution in [2.24, 2.45) is 0 Å². The van der Waals surface area contributed by atoms with Gasteiger partial charge in [-0.25, -0.2) is 0 Å². The topological polar surface area (TPSA) is 32.3 Å². The van der Waals surface area contributed by atoms with E-state index in [2.05, 4.69) is 12.2 Å². The summed E-state index contributed by atoms with van der Waals surface area (Å²) in [5.41, 5.74) is 0.0104. The Hall–Kier alpha value is -0.0800. The van der Waals surface area contributed by atoms with Gasteiger partial charge in [0.25, 0.3) is 0 Å². The van der Waals surface area contributed by atoms with E-state index in [0.717, 1.165) is 13.0 Å². The Bertz CT molecular complexity index is 95.4. The molecule has 1 heterocycles. The molecule has 1 saturated heterocycles. The van der Waals surface area contributed by atoms with Crippen LogP contribution in [-0.2, 0) is 0 Å². The molecule has 1 atom stereocenters. The lowest BCUT2D eigenvalue weighted by Gasteiger charge is -2.26. The molecular formula is C8H17NO. The maximum atomic E-state index is 9.01. The first kappa shape index (κ1) is 8.02. The van der Waals surface area contributed by atoms with Crippen LogP contribution >= 0.6 is 0 Å². The molecule has 0 aromatic heterocycles. The molecule has 1 fully saturated rings. The van der Waals surface area contributed by atoms with E-state index in [1.807, 2.05) is 0 Å². The van der Waals surface area contributed by atoms with Crippen molar-refractivity contribution < 1.29 is 5.11 Å². The first-order valence-corrected chi connectivity index (χ1v) is 4.13. The van der Waals surface area contributed by atoms with Crippen LogP contribution in [0.15, 0.2) is 0 Å². The van der Waals surface area contributed by atoms with Gasteiger partial charge in [-0.3, -0.25) is 0 Å². The van der Waals surface area contributed by atoms with Crippen LogP contribution in [0.3, 0.4) is 0 Å². The molecule has 2 heteroatoms. The second-order valence-corrected chi connectivity index (χ2v) is 3.46. The van der Waals surface area contributed by atoms with Crippen molar-refractivity contribution in [2.45, 2.75) is 38.1 Å². The Labute approximate surface area is 62.6 Å². The number of aliphatic hydroxyl groups excluding tert-OH is 1. The van der Waals surface area contributed by atoms with Gasteiger partial charge in [-0.1, -0.05) is 12.8 Å². The molecule has 2 N–H and O–H groups in total. The van der Waals surface area contributed by atoms with Gasteiger partial charge in [0.1, 0.15) is 0 Å². The van der Waals surface area contributed by atoms with E-state index in [0.29, 0.717) is 0 Å². The number of hydrogen-bond acceptors (Lipinski definition) is 2. The minimum absolute atomic E-state index is 0.0104. The van der Waals surface area contributed by atoms with Gasteiger partial charge in [-0.2, -0.15) is 0 Å². The van der Waals surface area contributed by atoms with Crippen molar-refractivity contribution in [1.82, 2.24) is 5.32 Å². The Morgan fingerprint density at radius 3 is 2.90 bits per heavy atom. The van der Waals surface area contributed by atoms with Crippen LogP contribution in [0.1, 0.15) is 32.6 Å². The monoisotopic (exact) mass is 143 g/mol. The molecule has 2 nitrogen and oxygen atoms in total. The van der Waals surface area contributed by atoms with E-state index >= 15 is 0 Å². The third-order valence-electron chi connectivity index (χ3n) is 2.31. The van der Waals surface area contributed by atoms with Crippen LogP contribution in [0.4, 0.5) is 0 Å². The molecule has 1 unspecified atom stereocenters. The third kappa shape index (κ3) is 1.96. The minimum Gasteiger partial charge on any atom is -0.394 e. The fraction of sp³-hybridized carbons (Fsp3) is 1.00. The van der Waals surface area contributed by atoms with E-state index < -0.39 is 0 Å². The summed E-state index contributed by atoms with van der Waals surface area (Å²) < 4.78 is 0. The highest BCUT2D eigenvalue weighted by molar-refractivity contribution is 4.83. The first-order chi connectivity index (χ1) is 4.77. The van der Waals surface area contributed by atoms with Gasteiger partial charge in [-0.15, -0.1) is 0 Å². The molecule has 1 aliphatic heterocycles. The van der Waals surface area contributed by atoms with Gasteiger partial charge in [0, 0.05) is 5.54 Å². The van der Waals surface area contributed by atoms with E-state index in [1.165, 1.54) is 19.3 Å². The highest BCUT2D eigenvalue weighted by Gasteiger charge is 2.23. The van der Waals surface area contributed by atoms with E-state index in [4.69, 9.17) is 5.11 Å². The van der Waals surface area contributed by atoms with Crippen molar-refractivity contribution >= 4 is 0 Å². The summed E-state index contributed by atoms with van der Waals surface area (Å²) in [6.07, 6.45) is 4.94. The zero-order valence-electron chi connectivity index (χ0n) is 6.69. The van der Waals surface area contributed by atoms with Gasteiger partial charge in [0.05, 0.1) is 6.61 Å². The Balaban J connectivity index is 2.41. The normalized spacial score (nSPS) is 35.4. The highest BCUT2D eigenvalue weighted by atomic mass is 16.3. The van der Waals surface area contributed by atoms with E-state index in [-0.39, 0.29) is 12.1 Å². The largest absolute Gasteiger partial charge is 0.394 e. The van der Waals surface area contributed by atoms with Crippen molar-refractivity contribution in [2.75, 3.05) is 13.2 Å². The second-order valence-electron chi connectivity index (χ2n) is 3.46. The van der Waals surface area contributed by atoms with Crippen LogP contribution in [-0.4, -0.2) is 23.8 Å². The lowest BCUT2D eigenvalue weighted by molar-refractivity contribution is 0.171. The summed E-state index contributed by atoms with van der Waals surface area (Å²) in [5, 5.41) is 12.4. The molecule has 0 aromatic rings.